The summed E-state index contributed by atoms with van der Waals surface area (Å²) < 4.78 is 5.37. The van der Waals surface area contributed by atoms with Crippen LogP contribution in [0, 0.1) is 5.92 Å². The normalized spacial score (nSPS) is 17.9. The van der Waals surface area contributed by atoms with E-state index in [0.717, 1.165) is 0 Å². The summed E-state index contributed by atoms with van der Waals surface area (Å²) in [6.07, 6.45) is -0.870. The van der Waals surface area contributed by atoms with Gasteiger partial charge in [-0.05, 0) is 35.7 Å². The van der Waals surface area contributed by atoms with Gasteiger partial charge in [-0.3, -0.25) is 4.79 Å². The molecule has 2 aromatic carbocycles. The second kappa shape index (κ2) is 9.54. The van der Waals surface area contributed by atoms with Crippen molar-refractivity contribution in [2.75, 3.05) is 30.4 Å². The van der Waals surface area contributed by atoms with Gasteiger partial charge in [0, 0.05) is 17.9 Å². The molecule has 1 aliphatic heterocycles. The number of rotatable bonds is 6. The molecule has 1 saturated heterocycles. The van der Waals surface area contributed by atoms with E-state index in [1.54, 1.807) is 41.3 Å². The predicted octanol–water partition coefficient (Wildman–Crippen LogP) is 3.25. The molecule has 2 unspecified atom stereocenters. The lowest BCUT2D eigenvalue weighted by molar-refractivity contribution is -0.155. The van der Waals surface area contributed by atoms with Crippen molar-refractivity contribution >= 4 is 23.3 Å². The molecule has 2 aromatic rings. The molecule has 3 rings (SSSR count). The van der Waals surface area contributed by atoms with Crippen LogP contribution in [-0.2, 0) is 9.53 Å². The van der Waals surface area contributed by atoms with Gasteiger partial charge in [-0.15, -0.1) is 0 Å². The van der Waals surface area contributed by atoms with E-state index < -0.39 is 12.1 Å². The number of amides is 3. The van der Waals surface area contributed by atoms with Gasteiger partial charge in [-0.25, -0.2) is 4.79 Å². The van der Waals surface area contributed by atoms with Gasteiger partial charge in [0.2, 0.25) is 5.91 Å². The van der Waals surface area contributed by atoms with Crippen LogP contribution in [0.5, 0.6) is 0 Å². The molecule has 3 N–H and O–H groups in total. The first-order valence-electron chi connectivity index (χ1n) is 9.72. The molecular weight excluding hydrogens is 370 g/mol. The minimum absolute atomic E-state index is 0.0509. The molecule has 0 radical (unpaired) electrons. The molecule has 0 aromatic heterocycles. The van der Waals surface area contributed by atoms with E-state index in [1.165, 1.54) is 0 Å². The minimum Gasteiger partial charge on any atom is -0.386 e. The molecule has 1 heterocycles. The fourth-order valence-electron chi connectivity index (χ4n) is 3.32. The monoisotopic (exact) mass is 397 g/mol. The van der Waals surface area contributed by atoms with Crippen LogP contribution < -0.4 is 10.6 Å². The maximum absolute atomic E-state index is 12.2. The number of aliphatic hydroxyl groups excluding tert-OH is 1. The molecule has 1 aliphatic rings. The molecule has 29 heavy (non-hydrogen) atoms. The van der Waals surface area contributed by atoms with Gasteiger partial charge in [0.15, 0.2) is 0 Å². The van der Waals surface area contributed by atoms with Crippen molar-refractivity contribution < 1.29 is 19.4 Å². The largest absolute Gasteiger partial charge is 0.386 e. The van der Waals surface area contributed by atoms with Gasteiger partial charge in [-0.2, -0.15) is 0 Å². The molecule has 7 nitrogen and oxygen atoms in total. The number of ether oxygens (including phenoxy) is 1. The maximum Gasteiger partial charge on any atom is 0.323 e. The maximum atomic E-state index is 12.2. The second-order valence-corrected chi connectivity index (χ2v) is 7.53. The average molecular weight is 397 g/mol. The number of hydrogen-bond acceptors (Lipinski definition) is 4. The van der Waals surface area contributed by atoms with Gasteiger partial charge >= 0.3 is 6.03 Å². The van der Waals surface area contributed by atoms with Crippen LogP contribution in [-0.4, -0.2) is 47.7 Å². The Morgan fingerprint density at radius 3 is 2.34 bits per heavy atom. The van der Waals surface area contributed by atoms with Crippen LogP contribution in [0.15, 0.2) is 54.6 Å². The van der Waals surface area contributed by atoms with Crippen molar-refractivity contribution in [3.63, 3.8) is 0 Å². The van der Waals surface area contributed by atoms with Crippen LogP contribution in [0.2, 0.25) is 0 Å². The lowest BCUT2D eigenvalue weighted by Crippen LogP contribution is -2.53. The Hall–Kier alpha value is -2.90. The third-order valence-corrected chi connectivity index (χ3v) is 4.70. The van der Waals surface area contributed by atoms with E-state index in [2.05, 4.69) is 10.6 Å². The predicted molar refractivity (Wildman–Crippen MR) is 112 cm³/mol. The van der Waals surface area contributed by atoms with Crippen molar-refractivity contribution in [1.82, 2.24) is 4.90 Å². The van der Waals surface area contributed by atoms with E-state index in [1.807, 2.05) is 32.0 Å². The molecule has 3 amide bonds. The van der Waals surface area contributed by atoms with Crippen molar-refractivity contribution in [3.05, 3.63) is 60.2 Å². The highest BCUT2D eigenvalue weighted by Gasteiger charge is 2.34. The Morgan fingerprint density at radius 1 is 1.10 bits per heavy atom. The first-order chi connectivity index (χ1) is 13.9. The van der Waals surface area contributed by atoms with E-state index >= 15 is 0 Å². The highest BCUT2D eigenvalue weighted by molar-refractivity contribution is 5.99. The Morgan fingerprint density at radius 2 is 1.72 bits per heavy atom. The first-order valence-corrected chi connectivity index (χ1v) is 9.72. The van der Waals surface area contributed by atoms with Crippen LogP contribution in [0.4, 0.5) is 16.2 Å². The zero-order chi connectivity index (χ0) is 20.8. The number of nitrogens with one attached hydrogen (secondary N) is 2. The number of carbonyl (C=O) groups is 2. The molecular formula is C22H27N3O4. The van der Waals surface area contributed by atoms with Gasteiger partial charge in [0.05, 0.1) is 12.6 Å². The summed E-state index contributed by atoms with van der Waals surface area (Å²) in [5, 5.41) is 16.3. The lowest BCUT2D eigenvalue weighted by atomic mass is 9.99. The summed E-state index contributed by atoms with van der Waals surface area (Å²) in [6.45, 7) is 4.98. The highest BCUT2D eigenvalue weighted by atomic mass is 16.5. The summed E-state index contributed by atoms with van der Waals surface area (Å²) in [7, 11) is 0. The number of aliphatic hydroxyl groups is 1. The van der Waals surface area contributed by atoms with Crippen molar-refractivity contribution in [2.24, 2.45) is 5.92 Å². The van der Waals surface area contributed by atoms with E-state index in [9.17, 15) is 14.7 Å². The van der Waals surface area contributed by atoms with Crippen LogP contribution >= 0.6 is 0 Å². The number of para-hydroxylation sites is 1. The standard InChI is InChI=1S/C22H27N3O4/c1-15(2)12-25-19(13-29-14-20(25)26)21(27)16-8-10-18(11-9-16)24-22(28)23-17-6-4-3-5-7-17/h3-11,15,19,21,27H,12-14H2,1-2H3,(H2,23,24,28). The lowest BCUT2D eigenvalue weighted by Gasteiger charge is -2.39. The summed E-state index contributed by atoms with van der Waals surface area (Å²) in [4.78, 5) is 26.0. The number of anilines is 2. The van der Waals surface area contributed by atoms with Crippen LogP contribution in [0.3, 0.4) is 0 Å². The fraction of sp³-hybridized carbons (Fsp3) is 0.364. The molecule has 0 bridgehead atoms. The Labute approximate surface area is 170 Å². The Kier molecular flexibility index (Phi) is 6.85. The average Bonchev–Trinajstić information content (AvgIpc) is 2.70. The topological polar surface area (TPSA) is 90.9 Å². The summed E-state index contributed by atoms with van der Waals surface area (Å²) in [5.41, 5.74) is 1.96. The third-order valence-electron chi connectivity index (χ3n) is 4.70. The van der Waals surface area contributed by atoms with Gasteiger partial charge in [0.1, 0.15) is 12.7 Å². The van der Waals surface area contributed by atoms with Gasteiger partial charge in [-0.1, -0.05) is 44.2 Å². The highest BCUT2D eigenvalue weighted by Crippen LogP contribution is 2.26. The summed E-state index contributed by atoms with van der Waals surface area (Å²) in [5.74, 6) is 0.186. The third kappa shape index (κ3) is 5.56. The summed E-state index contributed by atoms with van der Waals surface area (Å²) in [6, 6.07) is 15.3. The molecule has 0 aliphatic carbocycles. The fourth-order valence-corrected chi connectivity index (χ4v) is 3.32. The molecule has 0 spiro atoms. The van der Waals surface area contributed by atoms with Crippen molar-refractivity contribution in [2.45, 2.75) is 26.0 Å². The number of hydrogen-bond donors (Lipinski definition) is 3. The Balaban J connectivity index is 1.64. The van der Waals surface area contributed by atoms with E-state index in [4.69, 9.17) is 4.74 Å². The zero-order valence-corrected chi connectivity index (χ0v) is 16.7. The molecule has 154 valence electrons. The first kappa shape index (κ1) is 20.8. The number of morpholine rings is 1. The smallest absolute Gasteiger partial charge is 0.323 e. The number of nitrogens with zero attached hydrogens (tertiary/aromatic N) is 1. The van der Waals surface area contributed by atoms with E-state index in [-0.39, 0.29) is 18.5 Å². The van der Waals surface area contributed by atoms with Crippen molar-refractivity contribution in [3.8, 4) is 0 Å². The Bertz CT molecular complexity index is 824. The number of carbonyl (C=O) groups excluding carboxylic acids is 2. The molecule has 2 atom stereocenters. The van der Waals surface area contributed by atoms with Gasteiger partial charge in [0.25, 0.3) is 0 Å². The molecule has 0 saturated carbocycles. The second-order valence-electron chi connectivity index (χ2n) is 7.53. The van der Waals surface area contributed by atoms with Crippen LogP contribution in [0.1, 0.15) is 25.5 Å². The molecule has 7 heteroatoms. The summed E-state index contributed by atoms with van der Waals surface area (Å²) >= 11 is 0. The molecule has 1 fully saturated rings. The SMILES string of the molecule is CC(C)CN1C(=O)COCC1C(O)c1ccc(NC(=O)Nc2ccccc2)cc1. The van der Waals surface area contributed by atoms with E-state index in [0.29, 0.717) is 36.0 Å². The minimum atomic E-state index is -0.870. The quantitative estimate of drug-likeness (QED) is 0.698. The zero-order valence-electron chi connectivity index (χ0n) is 16.7. The van der Waals surface area contributed by atoms with Gasteiger partial charge < -0.3 is 25.4 Å². The van der Waals surface area contributed by atoms with Crippen molar-refractivity contribution in [1.29, 1.82) is 0 Å². The number of urea groups is 1. The number of benzene rings is 2. The van der Waals surface area contributed by atoms with Crippen LogP contribution in [0.25, 0.3) is 0 Å².